The van der Waals surface area contributed by atoms with Gasteiger partial charge in [-0.25, -0.2) is 4.98 Å². The van der Waals surface area contributed by atoms with Crippen LogP contribution in [0.25, 0.3) is 22.5 Å². The highest BCUT2D eigenvalue weighted by atomic mass is 16.5. The lowest BCUT2D eigenvalue weighted by molar-refractivity contribution is 0.324. The van der Waals surface area contributed by atoms with Crippen molar-refractivity contribution < 1.29 is 23.7 Å². The molecule has 0 amide bonds. The Hall–Kier alpha value is -3.55. The fourth-order valence-electron chi connectivity index (χ4n) is 3.02. The zero-order valence-corrected chi connectivity index (χ0v) is 16.5. The summed E-state index contributed by atoms with van der Waals surface area (Å²) in [6.45, 7) is 0. The molecule has 1 aromatic heterocycles. The number of anilines is 1. The number of nitrogen functional groups attached to an aromatic ring is 1. The van der Waals surface area contributed by atoms with Gasteiger partial charge in [-0.2, -0.15) is 0 Å². The van der Waals surface area contributed by atoms with Crippen LogP contribution < -0.4 is 29.4 Å². The van der Waals surface area contributed by atoms with Gasteiger partial charge in [-0.1, -0.05) is 0 Å². The lowest BCUT2D eigenvalue weighted by atomic mass is 10.0. The van der Waals surface area contributed by atoms with Gasteiger partial charge in [0, 0.05) is 11.1 Å². The molecule has 0 fully saturated rings. The number of hydrogen-bond donors (Lipinski definition) is 2. The Labute approximate surface area is 163 Å². The van der Waals surface area contributed by atoms with E-state index in [1.807, 2.05) is 30.3 Å². The van der Waals surface area contributed by atoms with Gasteiger partial charge < -0.3 is 34.4 Å². The molecule has 0 saturated heterocycles. The molecule has 0 saturated carbocycles. The number of ether oxygens (including phenoxy) is 5. The van der Waals surface area contributed by atoms with Gasteiger partial charge in [0.05, 0.1) is 46.9 Å². The van der Waals surface area contributed by atoms with E-state index in [2.05, 4.69) is 9.97 Å². The third kappa shape index (κ3) is 3.36. The molecular weight excluding hydrogens is 362 g/mol. The third-order valence-corrected chi connectivity index (χ3v) is 4.33. The zero-order chi connectivity index (χ0) is 20.3. The molecule has 148 valence electrons. The SMILES string of the molecule is COc1ccc(-c2[nH]c(N)nc2-c2cc(OC)c(OC)c(OC)c2)cc1OC. The minimum absolute atomic E-state index is 0.286. The monoisotopic (exact) mass is 385 g/mol. The second kappa shape index (κ2) is 7.99. The lowest BCUT2D eigenvalue weighted by Gasteiger charge is -2.14. The van der Waals surface area contributed by atoms with E-state index in [0.717, 1.165) is 16.8 Å². The predicted octanol–water partition coefficient (Wildman–Crippen LogP) is 3.37. The van der Waals surface area contributed by atoms with Gasteiger partial charge in [0.25, 0.3) is 0 Å². The number of nitrogens with two attached hydrogens (primary N) is 1. The standard InChI is InChI=1S/C20H23N3O5/c1-24-13-7-6-11(8-14(13)25-2)17-18(23-20(21)22-17)12-9-15(26-3)19(28-5)16(10-12)27-4/h6-10H,1-5H3,(H3,21,22,23). The number of aromatic amines is 1. The molecule has 0 unspecified atom stereocenters. The number of nitrogens with one attached hydrogen (secondary N) is 1. The van der Waals surface area contributed by atoms with Crippen LogP contribution in [0.15, 0.2) is 30.3 Å². The Morgan fingerprint density at radius 2 is 1.29 bits per heavy atom. The summed E-state index contributed by atoms with van der Waals surface area (Å²) in [4.78, 5) is 7.57. The van der Waals surface area contributed by atoms with Crippen LogP contribution in [0.2, 0.25) is 0 Å². The molecule has 0 spiro atoms. The number of nitrogens with zero attached hydrogens (tertiary/aromatic N) is 1. The summed E-state index contributed by atoms with van der Waals surface area (Å²) in [7, 11) is 7.86. The predicted molar refractivity (Wildman–Crippen MR) is 107 cm³/mol. The maximum atomic E-state index is 5.97. The Morgan fingerprint density at radius 3 is 1.82 bits per heavy atom. The van der Waals surface area contributed by atoms with Crippen LogP contribution in [0.1, 0.15) is 0 Å². The van der Waals surface area contributed by atoms with Crippen molar-refractivity contribution >= 4 is 5.95 Å². The minimum atomic E-state index is 0.286. The van der Waals surface area contributed by atoms with E-state index in [1.165, 1.54) is 0 Å². The molecule has 28 heavy (non-hydrogen) atoms. The number of imidazole rings is 1. The molecule has 3 N–H and O–H groups in total. The Balaban J connectivity index is 2.19. The molecule has 8 nitrogen and oxygen atoms in total. The second-order valence-electron chi connectivity index (χ2n) is 5.83. The zero-order valence-electron chi connectivity index (χ0n) is 16.5. The summed E-state index contributed by atoms with van der Waals surface area (Å²) in [6, 6.07) is 9.22. The Morgan fingerprint density at radius 1 is 0.714 bits per heavy atom. The minimum Gasteiger partial charge on any atom is -0.493 e. The molecule has 0 aliphatic carbocycles. The van der Waals surface area contributed by atoms with Gasteiger partial charge in [-0.15, -0.1) is 0 Å². The quantitative estimate of drug-likeness (QED) is 0.643. The molecule has 0 radical (unpaired) electrons. The molecule has 1 heterocycles. The molecule has 0 atom stereocenters. The van der Waals surface area contributed by atoms with Crippen LogP contribution in [0.5, 0.6) is 28.7 Å². The van der Waals surface area contributed by atoms with Crippen LogP contribution >= 0.6 is 0 Å². The molecule has 3 rings (SSSR count). The van der Waals surface area contributed by atoms with Gasteiger partial charge in [0.15, 0.2) is 28.9 Å². The lowest BCUT2D eigenvalue weighted by Crippen LogP contribution is -1.96. The van der Waals surface area contributed by atoms with E-state index in [9.17, 15) is 0 Å². The molecule has 0 aliphatic heterocycles. The largest absolute Gasteiger partial charge is 0.493 e. The number of aromatic nitrogens is 2. The topological polar surface area (TPSA) is 101 Å². The van der Waals surface area contributed by atoms with E-state index in [0.29, 0.717) is 34.4 Å². The average molecular weight is 385 g/mol. The second-order valence-corrected chi connectivity index (χ2v) is 5.83. The van der Waals surface area contributed by atoms with E-state index in [-0.39, 0.29) is 5.95 Å². The number of methoxy groups -OCH3 is 5. The fourth-order valence-corrected chi connectivity index (χ4v) is 3.02. The van der Waals surface area contributed by atoms with Crippen molar-refractivity contribution in [2.24, 2.45) is 0 Å². The van der Waals surface area contributed by atoms with Crippen LogP contribution in [0.4, 0.5) is 5.95 Å². The first-order valence-corrected chi connectivity index (χ1v) is 8.44. The fraction of sp³-hybridized carbons (Fsp3) is 0.250. The Bertz CT molecular complexity index is 959. The van der Waals surface area contributed by atoms with Crippen molar-refractivity contribution in [3.8, 4) is 51.3 Å². The van der Waals surface area contributed by atoms with Gasteiger partial charge in [-0.05, 0) is 30.3 Å². The van der Waals surface area contributed by atoms with Crippen molar-refractivity contribution in [1.82, 2.24) is 9.97 Å². The van der Waals surface area contributed by atoms with Crippen LogP contribution in [0.3, 0.4) is 0 Å². The Kier molecular flexibility index (Phi) is 5.49. The third-order valence-electron chi connectivity index (χ3n) is 4.33. The van der Waals surface area contributed by atoms with Crippen molar-refractivity contribution in [3.05, 3.63) is 30.3 Å². The summed E-state index contributed by atoms with van der Waals surface area (Å²) in [6.07, 6.45) is 0. The normalized spacial score (nSPS) is 10.5. The summed E-state index contributed by atoms with van der Waals surface area (Å²) in [5.41, 5.74) is 8.94. The van der Waals surface area contributed by atoms with Gasteiger partial charge >= 0.3 is 0 Å². The molecular formula is C20H23N3O5. The van der Waals surface area contributed by atoms with E-state index >= 15 is 0 Å². The van der Waals surface area contributed by atoms with Gasteiger partial charge in [-0.3, -0.25) is 0 Å². The summed E-state index contributed by atoms with van der Waals surface area (Å²) < 4.78 is 27.0. The van der Waals surface area contributed by atoms with Crippen LogP contribution in [0, 0.1) is 0 Å². The first-order valence-electron chi connectivity index (χ1n) is 8.44. The molecule has 8 heteroatoms. The van der Waals surface area contributed by atoms with Gasteiger partial charge in [0.2, 0.25) is 5.75 Å². The maximum Gasteiger partial charge on any atom is 0.203 e. The number of H-pyrrole nitrogens is 1. The van der Waals surface area contributed by atoms with Crippen LogP contribution in [-0.4, -0.2) is 45.5 Å². The summed E-state index contributed by atoms with van der Waals surface area (Å²) in [5, 5.41) is 0. The van der Waals surface area contributed by atoms with E-state index in [4.69, 9.17) is 29.4 Å². The van der Waals surface area contributed by atoms with Crippen LogP contribution in [-0.2, 0) is 0 Å². The van der Waals surface area contributed by atoms with Crippen molar-refractivity contribution in [2.45, 2.75) is 0 Å². The first-order chi connectivity index (χ1) is 13.6. The number of hydrogen-bond acceptors (Lipinski definition) is 7. The first kappa shape index (κ1) is 19.2. The van der Waals surface area contributed by atoms with E-state index in [1.54, 1.807) is 35.5 Å². The molecule has 0 aliphatic rings. The van der Waals surface area contributed by atoms with Crippen molar-refractivity contribution in [3.63, 3.8) is 0 Å². The molecule has 0 bridgehead atoms. The maximum absolute atomic E-state index is 5.97. The highest BCUT2D eigenvalue weighted by Gasteiger charge is 2.20. The average Bonchev–Trinajstić information content (AvgIpc) is 3.13. The summed E-state index contributed by atoms with van der Waals surface area (Å²) in [5.74, 6) is 3.07. The van der Waals surface area contributed by atoms with Crippen molar-refractivity contribution in [1.29, 1.82) is 0 Å². The number of benzene rings is 2. The molecule has 3 aromatic rings. The number of rotatable bonds is 7. The van der Waals surface area contributed by atoms with E-state index < -0.39 is 0 Å². The summed E-state index contributed by atoms with van der Waals surface area (Å²) >= 11 is 0. The molecule has 2 aromatic carbocycles. The highest BCUT2D eigenvalue weighted by Crippen LogP contribution is 2.43. The smallest absolute Gasteiger partial charge is 0.203 e. The van der Waals surface area contributed by atoms with Crippen molar-refractivity contribution in [2.75, 3.05) is 41.3 Å². The van der Waals surface area contributed by atoms with Gasteiger partial charge in [0.1, 0.15) is 0 Å². The highest BCUT2D eigenvalue weighted by molar-refractivity contribution is 5.83.